The Morgan fingerprint density at radius 1 is 1.20 bits per heavy atom. The molecule has 0 radical (unpaired) electrons. The van der Waals surface area contributed by atoms with E-state index in [9.17, 15) is 0 Å². The monoisotopic (exact) mass is 275 g/mol. The fourth-order valence-corrected chi connectivity index (χ4v) is 3.06. The highest BCUT2D eigenvalue weighted by atomic mass is 15.3. The average Bonchev–Trinajstić information content (AvgIpc) is 2.47. The third-order valence-electron chi connectivity index (χ3n) is 4.56. The highest BCUT2D eigenvalue weighted by Crippen LogP contribution is 2.23. The van der Waals surface area contributed by atoms with E-state index in [4.69, 9.17) is 5.73 Å². The minimum Gasteiger partial charge on any atom is -0.369 e. The first-order chi connectivity index (χ1) is 9.65. The van der Waals surface area contributed by atoms with Crippen LogP contribution in [0.15, 0.2) is 18.2 Å². The van der Waals surface area contributed by atoms with Gasteiger partial charge in [-0.15, -0.1) is 0 Å². The van der Waals surface area contributed by atoms with Crippen molar-refractivity contribution < 1.29 is 0 Å². The quantitative estimate of drug-likeness (QED) is 0.896. The predicted molar refractivity (Wildman–Crippen MR) is 87.5 cm³/mol. The lowest BCUT2D eigenvalue weighted by molar-refractivity contribution is 0.193. The molecule has 3 nitrogen and oxygen atoms in total. The Kier molecular flexibility index (Phi) is 5.44. The van der Waals surface area contributed by atoms with Crippen molar-refractivity contribution in [3.63, 3.8) is 0 Å². The van der Waals surface area contributed by atoms with Gasteiger partial charge in [-0.25, -0.2) is 0 Å². The summed E-state index contributed by atoms with van der Waals surface area (Å²) in [5, 5.41) is 0. The molecule has 0 spiro atoms. The van der Waals surface area contributed by atoms with E-state index in [-0.39, 0.29) is 0 Å². The van der Waals surface area contributed by atoms with E-state index in [0.717, 1.165) is 26.1 Å². The van der Waals surface area contributed by atoms with Crippen LogP contribution in [0.25, 0.3) is 0 Å². The van der Waals surface area contributed by atoms with E-state index in [2.05, 4.69) is 48.8 Å². The maximum absolute atomic E-state index is 5.63. The van der Waals surface area contributed by atoms with E-state index in [0.29, 0.717) is 6.04 Å². The van der Waals surface area contributed by atoms with Crippen LogP contribution in [0.4, 0.5) is 5.69 Å². The second-order valence-electron chi connectivity index (χ2n) is 5.94. The Morgan fingerprint density at radius 2 is 1.90 bits per heavy atom. The molecule has 20 heavy (non-hydrogen) atoms. The van der Waals surface area contributed by atoms with Gasteiger partial charge in [-0.3, -0.25) is 4.90 Å². The topological polar surface area (TPSA) is 32.5 Å². The van der Waals surface area contributed by atoms with Crippen molar-refractivity contribution in [1.29, 1.82) is 0 Å². The summed E-state index contributed by atoms with van der Waals surface area (Å²) in [7, 11) is 0. The number of piperazine rings is 1. The van der Waals surface area contributed by atoms with Crippen LogP contribution in [0.3, 0.4) is 0 Å². The molecule has 1 aromatic rings. The van der Waals surface area contributed by atoms with E-state index >= 15 is 0 Å². The molecule has 1 saturated heterocycles. The summed E-state index contributed by atoms with van der Waals surface area (Å²) in [5.74, 6) is 0. The van der Waals surface area contributed by atoms with Gasteiger partial charge in [0.25, 0.3) is 0 Å². The molecule has 1 aromatic carbocycles. The summed E-state index contributed by atoms with van der Waals surface area (Å²) in [6.07, 6.45) is 2.22. The van der Waals surface area contributed by atoms with Gasteiger partial charge in [0.05, 0.1) is 0 Å². The molecule has 0 saturated carbocycles. The normalized spacial score (nSPS) is 18.3. The minimum absolute atomic E-state index is 0.713. The summed E-state index contributed by atoms with van der Waals surface area (Å²) in [5.41, 5.74) is 9.77. The molecular formula is C17H29N3. The maximum Gasteiger partial charge on any atom is 0.0397 e. The highest BCUT2D eigenvalue weighted by Gasteiger charge is 2.21. The molecule has 112 valence electrons. The van der Waals surface area contributed by atoms with Gasteiger partial charge in [-0.1, -0.05) is 19.1 Å². The fourth-order valence-electron chi connectivity index (χ4n) is 3.06. The molecule has 1 fully saturated rings. The summed E-state index contributed by atoms with van der Waals surface area (Å²) >= 11 is 0. The first-order valence-corrected chi connectivity index (χ1v) is 7.94. The van der Waals surface area contributed by atoms with Crippen LogP contribution in [0.2, 0.25) is 0 Å². The van der Waals surface area contributed by atoms with Crippen molar-refractivity contribution in [3.8, 4) is 0 Å². The van der Waals surface area contributed by atoms with Crippen LogP contribution in [0.5, 0.6) is 0 Å². The van der Waals surface area contributed by atoms with E-state index in [1.165, 1.54) is 36.3 Å². The Morgan fingerprint density at radius 3 is 2.45 bits per heavy atom. The lowest BCUT2D eigenvalue weighted by Gasteiger charge is -2.39. The molecule has 0 aliphatic carbocycles. The molecule has 2 N–H and O–H groups in total. The van der Waals surface area contributed by atoms with Crippen LogP contribution >= 0.6 is 0 Å². The van der Waals surface area contributed by atoms with Crippen LogP contribution in [-0.2, 0) is 6.42 Å². The van der Waals surface area contributed by atoms with Gasteiger partial charge in [0.15, 0.2) is 0 Å². The number of hydrogen-bond donors (Lipinski definition) is 1. The van der Waals surface area contributed by atoms with E-state index in [1.807, 2.05) is 0 Å². The highest BCUT2D eigenvalue weighted by molar-refractivity contribution is 5.55. The molecule has 1 atom stereocenters. The molecule has 0 bridgehead atoms. The van der Waals surface area contributed by atoms with Gasteiger partial charge in [-0.2, -0.15) is 0 Å². The third-order valence-corrected chi connectivity index (χ3v) is 4.56. The first kappa shape index (κ1) is 15.3. The SMILES string of the molecule is CCC(C)N1CCN(c2ccc(CCN)cc2C)CC1. The first-order valence-electron chi connectivity index (χ1n) is 7.94. The van der Waals surface area contributed by atoms with Crippen LogP contribution < -0.4 is 10.6 Å². The number of benzene rings is 1. The van der Waals surface area contributed by atoms with Crippen LogP contribution in [-0.4, -0.2) is 43.7 Å². The summed E-state index contributed by atoms with van der Waals surface area (Å²) in [6, 6.07) is 7.52. The van der Waals surface area contributed by atoms with Crippen molar-refractivity contribution in [3.05, 3.63) is 29.3 Å². The molecule has 1 aliphatic heterocycles. The number of aryl methyl sites for hydroxylation is 1. The molecule has 2 rings (SSSR count). The zero-order valence-electron chi connectivity index (χ0n) is 13.2. The van der Waals surface area contributed by atoms with Crippen LogP contribution in [0, 0.1) is 6.92 Å². The van der Waals surface area contributed by atoms with E-state index < -0.39 is 0 Å². The molecule has 0 aromatic heterocycles. The van der Waals surface area contributed by atoms with Crippen molar-refractivity contribution in [1.82, 2.24) is 4.90 Å². The molecular weight excluding hydrogens is 246 g/mol. The fraction of sp³-hybridized carbons (Fsp3) is 0.647. The lowest BCUT2D eigenvalue weighted by Crippen LogP contribution is -2.49. The lowest BCUT2D eigenvalue weighted by atomic mass is 10.1. The molecule has 1 unspecified atom stereocenters. The second-order valence-corrected chi connectivity index (χ2v) is 5.94. The summed E-state index contributed by atoms with van der Waals surface area (Å²) < 4.78 is 0. The molecule has 1 aliphatic rings. The van der Waals surface area contributed by atoms with Gasteiger partial charge in [-0.05, 0) is 50.4 Å². The number of nitrogens with zero attached hydrogens (tertiary/aromatic N) is 2. The van der Waals surface area contributed by atoms with Gasteiger partial charge in [0, 0.05) is 37.9 Å². The van der Waals surface area contributed by atoms with Gasteiger partial charge in [0.2, 0.25) is 0 Å². The maximum atomic E-state index is 5.63. The van der Waals surface area contributed by atoms with E-state index in [1.54, 1.807) is 0 Å². The van der Waals surface area contributed by atoms with Crippen LogP contribution in [0.1, 0.15) is 31.4 Å². The standard InChI is InChI=1S/C17H29N3/c1-4-15(3)19-9-11-20(12-10-19)17-6-5-16(7-8-18)13-14(17)2/h5-6,13,15H,4,7-12,18H2,1-3H3. The predicted octanol–water partition coefficient (Wildman–Crippen LogP) is 2.42. The summed E-state index contributed by atoms with van der Waals surface area (Å²) in [4.78, 5) is 5.13. The minimum atomic E-state index is 0.713. The number of anilines is 1. The smallest absolute Gasteiger partial charge is 0.0397 e. The summed E-state index contributed by atoms with van der Waals surface area (Å²) in [6.45, 7) is 12.2. The Bertz CT molecular complexity index is 422. The Hall–Kier alpha value is -1.06. The van der Waals surface area contributed by atoms with Crippen molar-refractivity contribution >= 4 is 5.69 Å². The molecule has 0 amide bonds. The zero-order valence-corrected chi connectivity index (χ0v) is 13.2. The van der Waals surface area contributed by atoms with Gasteiger partial charge in [0.1, 0.15) is 0 Å². The molecule has 3 heteroatoms. The number of nitrogens with two attached hydrogens (primary N) is 1. The van der Waals surface area contributed by atoms with Gasteiger partial charge < -0.3 is 10.6 Å². The Labute approximate surface area is 123 Å². The zero-order chi connectivity index (χ0) is 14.5. The number of hydrogen-bond acceptors (Lipinski definition) is 3. The second kappa shape index (κ2) is 7.09. The average molecular weight is 275 g/mol. The molecule has 1 heterocycles. The van der Waals surface area contributed by atoms with Crippen molar-refractivity contribution in [2.24, 2.45) is 5.73 Å². The largest absolute Gasteiger partial charge is 0.369 e. The van der Waals surface area contributed by atoms with Crippen molar-refractivity contribution in [2.75, 3.05) is 37.6 Å². The third kappa shape index (κ3) is 3.53. The number of rotatable bonds is 5. The van der Waals surface area contributed by atoms with Gasteiger partial charge >= 0.3 is 0 Å². The Balaban J connectivity index is 2.00. The van der Waals surface area contributed by atoms with Crippen molar-refractivity contribution in [2.45, 2.75) is 39.7 Å².